The minimum atomic E-state index is -0.243. The molecule has 0 amide bonds. The Morgan fingerprint density at radius 3 is 2.67 bits per heavy atom. The van der Waals surface area contributed by atoms with Gasteiger partial charge in [0.1, 0.15) is 16.2 Å². The summed E-state index contributed by atoms with van der Waals surface area (Å²) in [5.74, 6) is 1.87. The zero-order chi connectivity index (χ0) is 23.5. The Morgan fingerprint density at radius 1 is 1.24 bits per heavy atom. The molecule has 0 aliphatic rings. The van der Waals surface area contributed by atoms with Crippen LogP contribution >= 0.6 is 35.3 Å². The zero-order valence-electron chi connectivity index (χ0n) is 18.2. The number of thiazole rings is 1. The molecule has 0 saturated carbocycles. The number of H-pyrrole nitrogens is 1. The van der Waals surface area contributed by atoms with Crippen molar-refractivity contribution in [2.75, 3.05) is 13.7 Å². The van der Waals surface area contributed by atoms with Crippen LogP contribution in [0.3, 0.4) is 0 Å². The van der Waals surface area contributed by atoms with Crippen LogP contribution in [0.4, 0.5) is 0 Å². The molecule has 2 aromatic heterocycles. The summed E-state index contributed by atoms with van der Waals surface area (Å²) in [5, 5.41) is 0.454. The van der Waals surface area contributed by atoms with Crippen LogP contribution < -0.4 is 15.0 Å². The minimum absolute atomic E-state index is 0.0236. The van der Waals surface area contributed by atoms with E-state index in [0.29, 0.717) is 43.1 Å². The number of nitrogens with zero attached hydrogens (tertiary/aromatic N) is 2. The first-order chi connectivity index (χ1) is 15.9. The maximum Gasteiger partial charge on any atom is 0.271 e. The van der Waals surface area contributed by atoms with Crippen molar-refractivity contribution >= 4 is 51.4 Å². The van der Waals surface area contributed by atoms with Gasteiger partial charge in [0.2, 0.25) is 0 Å². The molecule has 1 N–H and O–H groups in total. The number of hydrogen-bond acceptors (Lipinski definition) is 8. The van der Waals surface area contributed by atoms with Crippen LogP contribution in [0.2, 0.25) is 0 Å². The average Bonchev–Trinajstić information content (AvgIpc) is 3.14. The van der Waals surface area contributed by atoms with E-state index in [1.165, 1.54) is 30.0 Å². The summed E-state index contributed by atoms with van der Waals surface area (Å²) >= 11 is 8.11. The predicted molar refractivity (Wildman–Crippen MR) is 134 cm³/mol. The van der Waals surface area contributed by atoms with E-state index in [2.05, 4.69) is 4.98 Å². The molecule has 0 bridgehead atoms. The summed E-state index contributed by atoms with van der Waals surface area (Å²) in [6.07, 6.45) is 0. The first kappa shape index (κ1) is 23.2. The molecule has 0 fully saturated rings. The highest BCUT2D eigenvalue weighted by Gasteiger charge is 2.15. The lowest BCUT2D eigenvalue weighted by molar-refractivity contribution is 0.101. The molecule has 4 aromatic rings. The van der Waals surface area contributed by atoms with Crippen molar-refractivity contribution in [1.29, 1.82) is 0 Å². The van der Waals surface area contributed by atoms with E-state index in [9.17, 15) is 9.59 Å². The molecule has 10 heteroatoms. The van der Waals surface area contributed by atoms with Gasteiger partial charge in [-0.1, -0.05) is 23.1 Å². The van der Waals surface area contributed by atoms with Crippen molar-refractivity contribution in [1.82, 2.24) is 14.5 Å². The number of hydrogen-bond donors (Lipinski definition) is 1. The third-order valence-corrected chi connectivity index (χ3v) is 7.16. The second kappa shape index (κ2) is 9.90. The van der Waals surface area contributed by atoms with E-state index in [1.54, 1.807) is 29.9 Å². The fourth-order valence-corrected chi connectivity index (χ4v) is 5.41. The molecule has 0 atom stereocenters. The SMILES string of the molecule is CCOc1ccc(-n2c(=S)sc3c(=O)[nH]c(SCc4cc(C(C)=O)ccc4OC)nc32)cc1. The number of rotatable bonds is 8. The molecule has 33 heavy (non-hydrogen) atoms. The molecular formula is C23H21N3O4S3. The highest BCUT2D eigenvalue weighted by atomic mass is 32.2. The predicted octanol–water partition coefficient (Wildman–Crippen LogP) is 5.41. The summed E-state index contributed by atoms with van der Waals surface area (Å²) in [5.41, 5.74) is 2.51. The number of methoxy groups -OCH3 is 1. The summed E-state index contributed by atoms with van der Waals surface area (Å²) in [6.45, 7) is 4.03. The first-order valence-corrected chi connectivity index (χ1v) is 12.3. The number of aromatic amines is 1. The van der Waals surface area contributed by atoms with E-state index < -0.39 is 0 Å². The van der Waals surface area contributed by atoms with Crippen molar-refractivity contribution < 1.29 is 14.3 Å². The summed E-state index contributed by atoms with van der Waals surface area (Å²) in [4.78, 5) is 32.1. The third-order valence-electron chi connectivity index (χ3n) is 4.88. The van der Waals surface area contributed by atoms with E-state index in [4.69, 9.17) is 26.7 Å². The Balaban J connectivity index is 1.70. The molecule has 0 aliphatic heterocycles. The molecule has 0 unspecified atom stereocenters. The highest BCUT2D eigenvalue weighted by molar-refractivity contribution is 7.98. The lowest BCUT2D eigenvalue weighted by atomic mass is 10.1. The van der Waals surface area contributed by atoms with Gasteiger partial charge in [0.25, 0.3) is 5.56 Å². The molecule has 0 saturated heterocycles. The highest BCUT2D eigenvalue weighted by Crippen LogP contribution is 2.29. The van der Waals surface area contributed by atoms with Crippen LogP contribution in [-0.2, 0) is 5.75 Å². The zero-order valence-corrected chi connectivity index (χ0v) is 20.7. The average molecular weight is 500 g/mol. The number of carbonyl (C=O) groups is 1. The Morgan fingerprint density at radius 2 is 2.00 bits per heavy atom. The van der Waals surface area contributed by atoms with Gasteiger partial charge < -0.3 is 14.5 Å². The van der Waals surface area contributed by atoms with Crippen LogP contribution in [-0.4, -0.2) is 34.0 Å². The minimum Gasteiger partial charge on any atom is -0.496 e. The number of nitrogens with one attached hydrogen (secondary N) is 1. The summed E-state index contributed by atoms with van der Waals surface area (Å²) < 4.78 is 13.7. The number of benzene rings is 2. The Kier molecular flexibility index (Phi) is 6.96. The van der Waals surface area contributed by atoms with Gasteiger partial charge in [-0.15, -0.1) is 0 Å². The van der Waals surface area contributed by atoms with Crippen molar-refractivity contribution in [3.63, 3.8) is 0 Å². The number of fused-ring (bicyclic) bond motifs is 1. The largest absolute Gasteiger partial charge is 0.496 e. The lowest BCUT2D eigenvalue weighted by Crippen LogP contribution is -2.09. The quantitative estimate of drug-likeness (QED) is 0.150. The molecular weight excluding hydrogens is 478 g/mol. The van der Waals surface area contributed by atoms with Crippen LogP contribution in [0, 0.1) is 3.95 Å². The van der Waals surface area contributed by atoms with Gasteiger partial charge in [0.05, 0.1) is 13.7 Å². The van der Waals surface area contributed by atoms with E-state index in [-0.39, 0.29) is 11.3 Å². The Labute approximate surface area is 203 Å². The van der Waals surface area contributed by atoms with Gasteiger partial charge in [-0.2, -0.15) is 0 Å². The van der Waals surface area contributed by atoms with E-state index >= 15 is 0 Å². The summed E-state index contributed by atoms with van der Waals surface area (Å²) in [6, 6.07) is 12.8. The fraction of sp³-hybridized carbons (Fsp3) is 0.217. The second-order valence-electron chi connectivity index (χ2n) is 7.03. The molecule has 7 nitrogen and oxygen atoms in total. The maximum atomic E-state index is 12.8. The molecule has 170 valence electrons. The van der Waals surface area contributed by atoms with Gasteiger partial charge >= 0.3 is 0 Å². The number of ketones is 1. The molecule has 4 rings (SSSR count). The van der Waals surface area contributed by atoms with Gasteiger partial charge in [-0.05, 0) is 68.5 Å². The number of thioether (sulfide) groups is 1. The van der Waals surface area contributed by atoms with E-state index in [1.807, 2.05) is 31.2 Å². The van der Waals surface area contributed by atoms with Crippen LogP contribution in [0.5, 0.6) is 11.5 Å². The topological polar surface area (TPSA) is 86.2 Å². The lowest BCUT2D eigenvalue weighted by Gasteiger charge is -2.10. The normalized spacial score (nSPS) is 11.0. The van der Waals surface area contributed by atoms with Crippen LogP contribution in [0.15, 0.2) is 52.4 Å². The smallest absolute Gasteiger partial charge is 0.271 e. The second-order valence-corrected chi connectivity index (χ2v) is 9.63. The van der Waals surface area contributed by atoms with Crippen molar-refractivity contribution in [3.05, 3.63) is 67.9 Å². The summed E-state index contributed by atoms with van der Waals surface area (Å²) in [7, 11) is 1.58. The van der Waals surface area contributed by atoms with Crippen molar-refractivity contribution in [2.24, 2.45) is 0 Å². The number of Topliss-reactive ketones (excluding diaryl/α,β-unsaturated/α-hetero) is 1. The van der Waals surface area contributed by atoms with E-state index in [0.717, 1.165) is 17.0 Å². The molecule has 0 spiro atoms. The fourth-order valence-electron chi connectivity index (χ4n) is 3.30. The van der Waals surface area contributed by atoms with Crippen LogP contribution in [0.1, 0.15) is 29.8 Å². The van der Waals surface area contributed by atoms with Crippen molar-refractivity contribution in [2.45, 2.75) is 24.8 Å². The van der Waals surface area contributed by atoms with Gasteiger partial charge in [0.15, 0.2) is 20.5 Å². The molecule has 2 heterocycles. The van der Waals surface area contributed by atoms with Gasteiger partial charge in [-0.25, -0.2) is 4.98 Å². The number of carbonyl (C=O) groups excluding carboxylic acids is 1. The first-order valence-electron chi connectivity index (χ1n) is 10.1. The standard InChI is InChI=1S/C23H21N3O4S3/c1-4-30-17-8-6-16(7-9-17)26-20-19(33-23(26)31)21(28)25-22(24-20)32-12-15-11-14(13(2)27)5-10-18(15)29-3/h5-11H,4,12H2,1-3H3,(H,24,25,28). The number of ether oxygens (including phenoxy) is 2. The molecule has 0 aliphatic carbocycles. The molecule has 2 aromatic carbocycles. The Hall–Kier alpha value is -2.95. The van der Waals surface area contributed by atoms with Crippen LogP contribution in [0.25, 0.3) is 16.0 Å². The third kappa shape index (κ3) is 4.87. The monoisotopic (exact) mass is 499 g/mol. The Bertz CT molecular complexity index is 1440. The van der Waals surface area contributed by atoms with Gasteiger partial charge in [-0.3, -0.25) is 14.2 Å². The number of aromatic nitrogens is 3. The van der Waals surface area contributed by atoms with Gasteiger partial charge in [0, 0.05) is 22.6 Å². The molecule has 0 radical (unpaired) electrons. The van der Waals surface area contributed by atoms with Crippen molar-refractivity contribution in [3.8, 4) is 17.2 Å². The maximum absolute atomic E-state index is 12.8.